The molecular weight excluding hydrogens is 268 g/mol. The molecule has 0 aliphatic carbocycles. The van der Waals surface area contributed by atoms with Crippen LogP contribution in [0.1, 0.15) is 12.5 Å². The summed E-state index contributed by atoms with van der Waals surface area (Å²) in [6.07, 6.45) is 0. The molecule has 0 unspecified atom stereocenters. The van der Waals surface area contributed by atoms with Gasteiger partial charge in [0.1, 0.15) is 0 Å². The van der Waals surface area contributed by atoms with Crippen LogP contribution < -0.4 is 16.5 Å². The van der Waals surface area contributed by atoms with E-state index in [0.29, 0.717) is 0 Å². The smallest absolute Gasteiger partial charge is 0.184 e. The van der Waals surface area contributed by atoms with Crippen molar-refractivity contribution in [2.75, 3.05) is 5.32 Å². The SMILES string of the molecule is C/C(=N/NC(N)=S)c1ccc(Nc2ccccc2)cc1. The summed E-state index contributed by atoms with van der Waals surface area (Å²) in [4.78, 5) is 0. The molecule has 0 atom stereocenters. The van der Waals surface area contributed by atoms with E-state index in [1.54, 1.807) is 0 Å². The maximum Gasteiger partial charge on any atom is 0.184 e. The van der Waals surface area contributed by atoms with Crippen LogP contribution >= 0.6 is 12.2 Å². The van der Waals surface area contributed by atoms with Crippen molar-refractivity contribution in [2.24, 2.45) is 10.8 Å². The Morgan fingerprint density at radius 1 is 1.00 bits per heavy atom. The first-order valence-electron chi connectivity index (χ1n) is 6.17. The van der Waals surface area contributed by atoms with Gasteiger partial charge in [0, 0.05) is 11.4 Å². The Bertz CT molecular complexity index is 606. The molecule has 0 spiro atoms. The number of hydrogen-bond donors (Lipinski definition) is 3. The zero-order valence-electron chi connectivity index (χ0n) is 11.1. The Labute approximate surface area is 123 Å². The minimum atomic E-state index is 0.159. The van der Waals surface area contributed by atoms with E-state index in [9.17, 15) is 0 Å². The first kappa shape index (κ1) is 14.0. The van der Waals surface area contributed by atoms with Crippen molar-refractivity contribution in [1.29, 1.82) is 0 Å². The summed E-state index contributed by atoms with van der Waals surface area (Å²) in [5.74, 6) is 0. The van der Waals surface area contributed by atoms with E-state index >= 15 is 0 Å². The first-order chi connectivity index (χ1) is 9.65. The van der Waals surface area contributed by atoms with Crippen molar-refractivity contribution < 1.29 is 0 Å². The van der Waals surface area contributed by atoms with Crippen molar-refractivity contribution in [3.8, 4) is 0 Å². The average Bonchev–Trinajstić information content (AvgIpc) is 2.46. The maximum absolute atomic E-state index is 5.33. The predicted octanol–water partition coefficient (Wildman–Crippen LogP) is 2.99. The van der Waals surface area contributed by atoms with E-state index in [4.69, 9.17) is 18.0 Å². The van der Waals surface area contributed by atoms with Gasteiger partial charge in [-0.3, -0.25) is 5.43 Å². The number of nitrogens with one attached hydrogen (secondary N) is 2. The highest BCUT2D eigenvalue weighted by molar-refractivity contribution is 7.80. The Balaban J connectivity index is 2.06. The summed E-state index contributed by atoms with van der Waals surface area (Å²) in [5, 5.41) is 7.57. The maximum atomic E-state index is 5.33. The van der Waals surface area contributed by atoms with Gasteiger partial charge in [-0.25, -0.2) is 0 Å². The second kappa shape index (κ2) is 6.68. The summed E-state index contributed by atoms with van der Waals surface area (Å²) in [7, 11) is 0. The van der Waals surface area contributed by atoms with Gasteiger partial charge in [0.15, 0.2) is 5.11 Å². The minimum Gasteiger partial charge on any atom is -0.375 e. The van der Waals surface area contributed by atoms with E-state index in [2.05, 4.69) is 15.8 Å². The molecule has 2 aromatic rings. The van der Waals surface area contributed by atoms with Crippen LogP contribution in [0.2, 0.25) is 0 Å². The number of hydrogen-bond acceptors (Lipinski definition) is 3. The minimum absolute atomic E-state index is 0.159. The second-order valence-corrected chi connectivity index (χ2v) is 4.68. The fourth-order valence-corrected chi connectivity index (χ4v) is 1.73. The van der Waals surface area contributed by atoms with E-state index in [-0.39, 0.29) is 5.11 Å². The van der Waals surface area contributed by atoms with Crippen molar-refractivity contribution in [2.45, 2.75) is 6.92 Å². The molecule has 0 saturated heterocycles. The molecule has 0 saturated carbocycles. The quantitative estimate of drug-likeness (QED) is 0.459. The Morgan fingerprint density at radius 3 is 2.20 bits per heavy atom. The van der Waals surface area contributed by atoms with Gasteiger partial charge in [0.2, 0.25) is 0 Å². The molecule has 102 valence electrons. The van der Waals surface area contributed by atoms with E-state index in [0.717, 1.165) is 22.6 Å². The molecule has 0 amide bonds. The van der Waals surface area contributed by atoms with Gasteiger partial charge < -0.3 is 11.1 Å². The molecule has 0 heterocycles. The molecule has 4 nitrogen and oxygen atoms in total. The molecule has 0 aliphatic rings. The van der Waals surface area contributed by atoms with Crippen molar-refractivity contribution >= 4 is 34.4 Å². The number of hydrazone groups is 1. The Kier molecular flexibility index (Phi) is 4.68. The lowest BCUT2D eigenvalue weighted by Gasteiger charge is -2.07. The van der Waals surface area contributed by atoms with E-state index < -0.39 is 0 Å². The molecular formula is C15H16N4S. The molecule has 20 heavy (non-hydrogen) atoms. The summed E-state index contributed by atoms with van der Waals surface area (Å²) in [6, 6.07) is 18.0. The fraction of sp³-hybridized carbons (Fsp3) is 0.0667. The fourth-order valence-electron chi connectivity index (χ4n) is 1.69. The van der Waals surface area contributed by atoms with Crippen molar-refractivity contribution in [3.63, 3.8) is 0 Å². The zero-order valence-corrected chi connectivity index (χ0v) is 11.9. The average molecular weight is 284 g/mol. The van der Waals surface area contributed by atoms with Gasteiger partial charge in [-0.2, -0.15) is 5.10 Å². The van der Waals surface area contributed by atoms with Gasteiger partial charge in [0.25, 0.3) is 0 Å². The van der Waals surface area contributed by atoms with Crippen LogP contribution in [0.25, 0.3) is 0 Å². The van der Waals surface area contributed by atoms with E-state index in [1.807, 2.05) is 61.5 Å². The normalized spacial score (nSPS) is 10.9. The lowest BCUT2D eigenvalue weighted by Crippen LogP contribution is -2.25. The Morgan fingerprint density at radius 2 is 1.60 bits per heavy atom. The van der Waals surface area contributed by atoms with Gasteiger partial charge in [-0.05, 0) is 49.0 Å². The highest BCUT2D eigenvalue weighted by atomic mass is 32.1. The molecule has 5 heteroatoms. The summed E-state index contributed by atoms with van der Waals surface area (Å²) in [6.45, 7) is 1.89. The standard InChI is InChI=1S/C15H16N4S/c1-11(18-19-15(16)20)12-7-9-14(10-8-12)17-13-5-3-2-4-6-13/h2-10,17H,1H3,(H3,16,19,20)/b18-11-. The molecule has 0 aliphatic heterocycles. The topological polar surface area (TPSA) is 62.4 Å². The van der Waals surface area contributed by atoms with E-state index in [1.165, 1.54) is 0 Å². The number of para-hydroxylation sites is 1. The lowest BCUT2D eigenvalue weighted by molar-refractivity contribution is 1.03. The number of benzene rings is 2. The van der Waals surface area contributed by atoms with Crippen LogP contribution in [0.3, 0.4) is 0 Å². The number of anilines is 2. The van der Waals surface area contributed by atoms with Crippen LogP contribution in [-0.2, 0) is 0 Å². The van der Waals surface area contributed by atoms with Crippen LogP contribution in [0, 0.1) is 0 Å². The molecule has 0 radical (unpaired) electrons. The number of nitrogens with zero attached hydrogens (tertiary/aromatic N) is 1. The predicted molar refractivity (Wildman–Crippen MR) is 88.3 cm³/mol. The second-order valence-electron chi connectivity index (χ2n) is 4.24. The van der Waals surface area contributed by atoms with Crippen molar-refractivity contribution in [1.82, 2.24) is 5.43 Å². The number of rotatable bonds is 4. The molecule has 4 N–H and O–H groups in total. The molecule has 0 bridgehead atoms. The summed E-state index contributed by atoms with van der Waals surface area (Å²) < 4.78 is 0. The highest BCUT2D eigenvalue weighted by Crippen LogP contribution is 2.16. The van der Waals surface area contributed by atoms with Gasteiger partial charge in [-0.15, -0.1) is 0 Å². The molecule has 2 aromatic carbocycles. The zero-order chi connectivity index (χ0) is 14.4. The molecule has 2 rings (SSSR count). The van der Waals surface area contributed by atoms with Crippen LogP contribution in [0.15, 0.2) is 59.7 Å². The highest BCUT2D eigenvalue weighted by Gasteiger charge is 1.99. The Hall–Kier alpha value is -2.40. The van der Waals surface area contributed by atoms with Gasteiger partial charge in [0.05, 0.1) is 5.71 Å². The van der Waals surface area contributed by atoms with Crippen LogP contribution in [-0.4, -0.2) is 10.8 Å². The molecule has 0 fully saturated rings. The van der Waals surface area contributed by atoms with Crippen LogP contribution in [0.4, 0.5) is 11.4 Å². The lowest BCUT2D eigenvalue weighted by atomic mass is 10.1. The number of nitrogens with two attached hydrogens (primary N) is 1. The third kappa shape index (κ3) is 4.07. The summed E-state index contributed by atoms with van der Waals surface area (Å²) >= 11 is 4.71. The largest absolute Gasteiger partial charge is 0.375 e. The molecule has 0 aromatic heterocycles. The third-order valence-corrected chi connectivity index (χ3v) is 2.79. The number of thiocarbonyl (C=S) groups is 1. The summed E-state index contributed by atoms with van der Waals surface area (Å²) in [5.41, 5.74) is 11.8. The van der Waals surface area contributed by atoms with Crippen LogP contribution in [0.5, 0.6) is 0 Å². The first-order valence-corrected chi connectivity index (χ1v) is 6.58. The monoisotopic (exact) mass is 284 g/mol. The van der Waals surface area contributed by atoms with Gasteiger partial charge in [-0.1, -0.05) is 30.3 Å². The van der Waals surface area contributed by atoms with Crippen molar-refractivity contribution in [3.05, 3.63) is 60.2 Å². The van der Waals surface area contributed by atoms with Gasteiger partial charge >= 0.3 is 0 Å². The third-order valence-electron chi connectivity index (χ3n) is 2.70.